The highest BCUT2D eigenvalue weighted by atomic mass is 35.5. The van der Waals surface area contributed by atoms with Gasteiger partial charge < -0.3 is 0 Å². The van der Waals surface area contributed by atoms with Gasteiger partial charge in [0.25, 0.3) is 0 Å². The molecule has 0 aliphatic rings. The van der Waals surface area contributed by atoms with Crippen LogP contribution in [0.25, 0.3) is 11.1 Å². The molecule has 1 nitrogen and oxygen atoms in total. The lowest BCUT2D eigenvalue weighted by molar-refractivity contribution is 0.112. The van der Waals surface area contributed by atoms with Crippen LogP contribution in [-0.2, 0) is 0 Å². The summed E-state index contributed by atoms with van der Waals surface area (Å²) in [5.74, 6) is -0.673. The van der Waals surface area contributed by atoms with Crippen LogP contribution >= 0.6 is 58.0 Å². The number of rotatable bonds is 2. The molecular weight excluding hydrogens is 368 g/mol. The quantitative estimate of drug-likeness (QED) is 0.331. The number of carbonyl (C=O) groups excluding carboxylic acids is 1. The van der Waals surface area contributed by atoms with Crippen LogP contribution in [-0.4, -0.2) is 6.29 Å². The highest BCUT2D eigenvalue weighted by molar-refractivity contribution is 6.56. The van der Waals surface area contributed by atoms with Crippen molar-refractivity contribution in [1.29, 1.82) is 0 Å². The van der Waals surface area contributed by atoms with E-state index in [1.54, 1.807) is 0 Å². The summed E-state index contributed by atoms with van der Waals surface area (Å²) in [7, 11) is 0. The second-order valence-electron chi connectivity index (χ2n) is 3.80. The molecule has 0 saturated carbocycles. The monoisotopic (exact) mass is 370 g/mol. The molecule has 0 fully saturated rings. The van der Waals surface area contributed by atoms with Crippen molar-refractivity contribution < 1.29 is 9.18 Å². The molecular formula is C13H4Cl5FO. The Hall–Kier alpha value is -0.510. The second-order valence-corrected chi connectivity index (χ2v) is 5.69. The molecule has 0 N–H and O–H groups in total. The van der Waals surface area contributed by atoms with Crippen LogP contribution in [0.3, 0.4) is 0 Å². The van der Waals surface area contributed by atoms with E-state index < -0.39 is 5.82 Å². The third-order valence-electron chi connectivity index (χ3n) is 2.61. The van der Waals surface area contributed by atoms with Crippen molar-refractivity contribution in [2.75, 3.05) is 0 Å². The first kappa shape index (κ1) is 15.9. The molecule has 0 aromatic heterocycles. The summed E-state index contributed by atoms with van der Waals surface area (Å²) in [6.45, 7) is 0. The molecule has 2 aromatic carbocycles. The lowest BCUT2D eigenvalue weighted by Crippen LogP contribution is -1.92. The van der Waals surface area contributed by atoms with Crippen molar-refractivity contribution in [3.63, 3.8) is 0 Å². The molecule has 0 aliphatic carbocycles. The third kappa shape index (κ3) is 2.63. The van der Waals surface area contributed by atoms with E-state index >= 15 is 0 Å². The molecule has 7 heteroatoms. The Morgan fingerprint density at radius 3 is 1.80 bits per heavy atom. The average molecular weight is 372 g/mol. The summed E-state index contributed by atoms with van der Waals surface area (Å²) >= 11 is 29.9. The highest BCUT2D eigenvalue weighted by Gasteiger charge is 2.22. The molecule has 0 bridgehead atoms. The largest absolute Gasteiger partial charge is 0.298 e. The van der Waals surface area contributed by atoms with E-state index in [-0.39, 0.29) is 41.8 Å². The van der Waals surface area contributed by atoms with Crippen LogP contribution in [0.1, 0.15) is 10.4 Å². The van der Waals surface area contributed by atoms with E-state index in [1.165, 1.54) is 12.1 Å². The minimum absolute atomic E-state index is 0.00277. The number of carbonyl (C=O) groups is 1. The van der Waals surface area contributed by atoms with Gasteiger partial charge >= 0.3 is 0 Å². The lowest BCUT2D eigenvalue weighted by atomic mass is 10.0. The summed E-state index contributed by atoms with van der Waals surface area (Å²) < 4.78 is 14.1. The van der Waals surface area contributed by atoms with Gasteiger partial charge in [-0.2, -0.15) is 0 Å². The minimum Gasteiger partial charge on any atom is -0.298 e. The Bertz CT molecular complexity index is 685. The molecule has 0 radical (unpaired) electrons. The Labute approximate surface area is 139 Å². The van der Waals surface area contributed by atoms with Crippen molar-refractivity contribution in [2.45, 2.75) is 0 Å². The SMILES string of the molecule is O=Cc1ccc(-c2c(Cl)c(Cl)c(Cl)c(Cl)c2Cl)c(F)c1. The number of hydrogen-bond donors (Lipinski definition) is 0. The second kappa shape index (κ2) is 6.08. The first-order chi connectivity index (χ1) is 9.38. The Balaban J connectivity index is 2.80. The van der Waals surface area contributed by atoms with Crippen molar-refractivity contribution in [1.82, 2.24) is 0 Å². The number of halogens is 6. The zero-order chi connectivity index (χ0) is 15.0. The molecule has 0 aliphatic heterocycles. The molecule has 0 heterocycles. The summed E-state index contributed by atoms with van der Waals surface area (Å²) in [5, 5.41) is -0.0576. The standard InChI is InChI=1S/C13H4Cl5FO/c14-9-8(10(15)12(17)13(18)11(9)16)6-2-1-5(4-20)3-7(6)19/h1-4H. The van der Waals surface area contributed by atoms with Crippen molar-refractivity contribution in [2.24, 2.45) is 0 Å². The van der Waals surface area contributed by atoms with E-state index in [1.807, 2.05) is 0 Å². The van der Waals surface area contributed by atoms with Crippen LogP contribution in [0, 0.1) is 5.82 Å². The summed E-state index contributed by atoms with van der Waals surface area (Å²) in [4.78, 5) is 10.6. The fourth-order valence-electron chi connectivity index (χ4n) is 1.65. The van der Waals surface area contributed by atoms with Crippen molar-refractivity contribution in [3.05, 3.63) is 54.7 Å². The summed E-state index contributed by atoms with van der Waals surface area (Å²) in [6.07, 6.45) is 0.526. The van der Waals surface area contributed by atoms with E-state index in [0.29, 0.717) is 6.29 Å². The minimum atomic E-state index is -0.673. The first-order valence-electron chi connectivity index (χ1n) is 5.15. The number of aldehydes is 1. The molecule has 0 saturated heterocycles. The first-order valence-corrected chi connectivity index (χ1v) is 7.04. The van der Waals surface area contributed by atoms with Gasteiger partial charge in [-0.3, -0.25) is 4.79 Å². The maximum absolute atomic E-state index is 14.1. The summed E-state index contributed by atoms with van der Waals surface area (Å²) in [5.41, 5.74) is 0.387. The molecule has 2 rings (SSSR count). The van der Waals surface area contributed by atoms with Crippen LogP contribution in [0.4, 0.5) is 4.39 Å². The molecule has 0 spiro atoms. The maximum atomic E-state index is 14.1. The van der Waals surface area contributed by atoms with Gasteiger partial charge in [0, 0.05) is 16.7 Å². The summed E-state index contributed by atoms with van der Waals surface area (Å²) in [6, 6.07) is 3.85. The number of hydrogen-bond acceptors (Lipinski definition) is 1. The smallest absolute Gasteiger partial charge is 0.150 e. The van der Waals surface area contributed by atoms with Gasteiger partial charge in [-0.15, -0.1) is 0 Å². The topological polar surface area (TPSA) is 17.1 Å². The fourth-order valence-corrected chi connectivity index (χ4v) is 2.99. The van der Waals surface area contributed by atoms with Crippen molar-refractivity contribution in [3.8, 4) is 11.1 Å². The fraction of sp³-hybridized carbons (Fsp3) is 0. The lowest BCUT2D eigenvalue weighted by Gasteiger charge is -2.13. The molecule has 2 aromatic rings. The van der Waals surface area contributed by atoms with Crippen LogP contribution in [0.15, 0.2) is 18.2 Å². The predicted octanol–water partition coefficient (Wildman–Crippen LogP) is 6.57. The third-order valence-corrected chi connectivity index (χ3v) is 4.89. The van der Waals surface area contributed by atoms with Crippen LogP contribution in [0.2, 0.25) is 25.1 Å². The Morgan fingerprint density at radius 2 is 1.35 bits per heavy atom. The van der Waals surface area contributed by atoms with Gasteiger partial charge in [0.05, 0.1) is 25.1 Å². The Morgan fingerprint density at radius 1 is 0.850 bits per heavy atom. The molecule has 104 valence electrons. The van der Waals surface area contributed by atoms with E-state index in [0.717, 1.165) is 6.07 Å². The number of benzene rings is 2. The molecule has 0 atom stereocenters. The zero-order valence-electron chi connectivity index (χ0n) is 9.49. The predicted molar refractivity (Wildman–Crippen MR) is 82.3 cm³/mol. The molecule has 0 unspecified atom stereocenters. The van der Waals surface area contributed by atoms with Crippen LogP contribution < -0.4 is 0 Å². The van der Waals surface area contributed by atoms with Crippen molar-refractivity contribution >= 4 is 64.3 Å². The van der Waals surface area contributed by atoms with Crippen LogP contribution in [0.5, 0.6) is 0 Å². The van der Waals surface area contributed by atoms with E-state index in [2.05, 4.69) is 0 Å². The van der Waals surface area contributed by atoms with E-state index in [4.69, 9.17) is 58.0 Å². The molecule has 20 heavy (non-hydrogen) atoms. The van der Waals surface area contributed by atoms with Gasteiger partial charge in [-0.25, -0.2) is 4.39 Å². The normalized spacial score (nSPS) is 10.7. The van der Waals surface area contributed by atoms with Gasteiger partial charge in [-0.1, -0.05) is 70.1 Å². The van der Waals surface area contributed by atoms with Gasteiger partial charge in [0.15, 0.2) is 0 Å². The van der Waals surface area contributed by atoms with Gasteiger partial charge in [0.1, 0.15) is 12.1 Å². The van der Waals surface area contributed by atoms with Gasteiger partial charge in [-0.05, 0) is 6.07 Å². The molecule has 0 amide bonds. The Kier molecular flexibility index (Phi) is 4.83. The van der Waals surface area contributed by atoms with Gasteiger partial charge in [0.2, 0.25) is 0 Å². The highest BCUT2D eigenvalue weighted by Crippen LogP contribution is 2.48. The van der Waals surface area contributed by atoms with E-state index in [9.17, 15) is 9.18 Å². The maximum Gasteiger partial charge on any atom is 0.150 e. The average Bonchev–Trinajstić information content (AvgIpc) is 2.44. The zero-order valence-corrected chi connectivity index (χ0v) is 13.3.